The van der Waals surface area contributed by atoms with Crippen LogP contribution in [-0.2, 0) is 12.6 Å². The maximum absolute atomic E-state index is 10.6. The molecule has 0 radical (unpaired) electrons. The Morgan fingerprint density at radius 2 is 1.80 bits per heavy atom. The van der Waals surface area contributed by atoms with Gasteiger partial charge in [-0.05, 0) is 46.2 Å². The molecule has 0 saturated heterocycles. The molecule has 1 aromatic carbocycles. The molecular weight excluding hydrogens is 378 g/mol. The molecule has 154 valence electrons. The SMILES string of the molecule is Cc1nc(C)n(-c2cc(C3C[C@H]3c3nc4ccccc4n3C)nc(C(C)(C)O)n2)n1. The fourth-order valence-electron chi connectivity index (χ4n) is 4.07. The number of rotatable bonds is 4. The van der Waals surface area contributed by atoms with E-state index in [-0.39, 0.29) is 5.92 Å². The van der Waals surface area contributed by atoms with E-state index in [1.807, 2.05) is 38.1 Å². The van der Waals surface area contributed by atoms with Gasteiger partial charge in [-0.15, -0.1) is 5.10 Å². The van der Waals surface area contributed by atoms with Gasteiger partial charge in [0.05, 0.1) is 16.7 Å². The summed E-state index contributed by atoms with van der Waals surface area (Å²) < 4.78 is 3.88. The molecule has 0 spiro atoms. The Balaban J connectivity index is 1.56. The number of benzene rings is 1. The molecule has 1 fully saturated rings. The zero-order valence-corrected chi connectivity index (χ0v) is 17.8. The summed E-state index contributed by atoms with van der Waals surface area (Å²) >= 11 is 0. The number of aromatic nitrogens is 7. The number of nitrogens with zero attached hydrogens (tertiary/aromatic N) is 7. The molecule has 1 unspecified atom stereocenters. The van der Waals surface area contributed by atoms with Crippen molar-refractivity contribution in [1.29, 1.82) is 0 Å². The van der Waals surface area contributed by atoms with Gasteiger partial charge < -0.3 is 9.67 Å². The first-order chi connectivity index (χ1) is 14.2. The Morgan fingerprint density at radius 3 is 2.47 bits per heavy atom. The van der Waals surface area contributed by atoms with Crippen molar-refractivity contribution in [1.82, 2.24) is 34.3 Å². The van der Waals surface area contributed by atoms with Crippen LogP contribution in [0.3, 0.4) is 0 Å². The molecule has 2 atom stereocenters. The molecule has 1 aliphatic rings. The number of para-hydroxylation sites is 2. The highest BCUT2D eigenvalue weighted by Crippen LogP contribution is 2.54. The van der Waals surface area contributed by atoms with Crippen LogP contribution in [0.2, 0.25) is 0 Å². The second-order valence-electron chi connectivity index (χ2n) is 8.62. The van der Waals surface area contributed by atoms with E-state index in [0.717, 1.165) is 34.8 Å². The topological polar surface area (TPSA) is 94.5 Å². The second kappa shape index (κ2) is 6.43. The van der Waals surface area contributed by atoms with Crippen LogP contribution in [0, 0.1) is 13.8 Å². The fraction of sp³-hybridized carbons (Fsp3) is 0.409. The Kier molecular flexibility index (Phi) is 4.05. The molecule has 0 amide bonds. The average Bonchev–Trinajstić information content (AvgIpc) is 3.32. The minimum Gasteiger partial charge on any atom is -0.382 e. The van der Waals surface area contributed by atoms with E-state index in [2.05, 4.69) is 32.7 Å². The van der Waals surface area contributed by atoms with E-state index in [0.29, 0.717) is 23.4 Å². The summed E-state index contributed by atoms with van der Waals surface area (Å²) in [6, 6.07) is 10.1. The van der Waals surface area contributed by atoms with Gasteiger partial charge in [-0.25, -0.2) is 19.9 Å². The summed E-state index contributed by atoms with van der Waals surface area (Å²) in [5.41, 5.74) is 1.89. The summed E-state index contributed by atoms with van der Waals surface area (Å²) in [6.07, 6.45) is 0.967. The molecule has 5 rings (SSSR count). The van der Waals surface area contributed by atoms with Crippen LogP contribution in [-0.4, -0.2) is 39.4 Å². The van der Waals surface area contributed by atoms with Crippen molar-refractivity contribution in [2.24, 2.45) is 7.05 Å². The molecule has 3 aromatic heterocycles. The molecule has 0 aliphatic heterocycles. The van der Waals surface area contributed by atoms with Crippen LogP contribution in [0.25, 0.3) is 16.9 Å². The molecule has 4 aromatic rings. The van der Waals surface area contributed by atoms with E-state index >= 15 is 0 Å². The van der Waals surface area contributed by atoms with Gasteiger partial charge in [0.2, 0.25) is 0 Å². The summed E-state index contributed by atoms with van der Waals surface area (Å²) in [7, 11) is 2.06. The monoisotopic (exact) mass is 403 g/mol. The predicted octanol–water partition coefficient (Wildman–Crippen LogP) is 3.06. The predicted molar refractivity (Wildman–Crippen MR) is 112 cm³/mol. The van der Waals surface area contributed by atoms with Gasteiger partial charge in [0, 0.05) is 24.9 Å². The van der Waals surface area contributed by atoms with Crippen molar-refractivity contribution in [3.8, 4) is 5.82 Å². The first-order valence-corrected chi connectivity index (χ1v) is 10.2. The smallest absolute Gasteiger partial charge is 0.162 e. The van der Waals surface area contributed by atoms with Gasteiger partial charge >= 0.3 is 0 Å². The third kappa shape index (κ3) is 3.08. The van der Waals surface area contributed by atoms with Crippen LogP contribution < -0.4 is 0 Å². The third-order valence-electron chi connectivity index (χ3n) is 5.70. The van der Waals surface area contributed by atoms with Gasteiger partial charge in [0.25, 0.3) is 0 Å². The minimum absolute atomic E-state index is 0.230. The van der Waals surface area contributed by atoms with Gasteiger partial charge in [-0.1, -0.05) is 12.1 Å². The van der Waals surface area contributed by atoms with Crippen LogP contribution in [0.15, 0.2) is 30.3 Å². The summed E-state index contributed by atoms with van der Waals surface area (Å²) in [5, 5.41) is 15.1. The normalized spacial score (nSPS) is 18.9. The molecule has 8 heteroatoms. The van der Waals surface area contributed by atoms with E-state index < -0.39 is 5.60 Å². The number of aryl methyl sites for hydroxylation is 3. The first kappa shape index (κ1) is 18.9. The van der Waals surface area contributed by atoms with E-state index in [4.69, 9.17) is 9.97 Å². The summed E-state index contributed by atoms with van der Waals surface area (Å²) in [6.45, 7) is 7.15. The molecule has 1 aliphatic carbocycles. The zero-order valence-electron chi connectivity index (χ0n) is 17.8. The number of fused-ring (bicyclic) bond motifs is 1. The van der Waals surface area contributed by atoms with E-state index in [9.17, 15) is 5.11 Å². The van der Waals surface area contributed by atoms with Crippen molar-refractivity contribution < 1.29 is 5.11 Å². The molecule has 0 bridgehead atoms. The van der Waals surface area contributed by atoms with Gasteiger partial charge in [-0.2, -0.15) is 4.68 Å². The Morgan fingerprint density at radius 1 is 1.03 bits per heavy atom. The van der Waals surface area contributed by atoms with Crippen LogP contribution in [0.4, 0.5) is 0 Å². The Bertz CT molecular complexity index is 1260. The highest BCUT2D eigenvalue weighted by Gasteiger charge is 2.44. The minimum atomic E-state index is -1.16. The molecular formula is C22H25N7O. The van der Waals surface area contributed by atoms with Crippen molar-refractivity contribution in [3.63, 3.8) is 0 Å². The Labute approximate surface area is 174 Å². The fourth-order valence-corrected chi connectivity index (χ4v) is 4.07. The standard InChI is InChI=1S/C22H25N7O/c1-12-23-13(2)29(27-12)19-11-17(25-21(26-19)22(3,4)30)14-10-15(14)20-24-16-8-6-7-9-18(16)28(20)5/h6-9,11,14-15,30H,10H2,1-5H3/t14?,15-/m1/s1. The molecule has 1 saturated carbocycles. The van der Waals surface area contributed by atoms with Crippen LogP contribution in [0.1, 0.15) is 61.1 Å². The molecule has 3 heterocycles. The van der Waals surface area contributed by atoms with Crippen molar-refractivity contribution in [2.75, 3.05) is 0 Å². The van der Waals surface area contributed by atoms with Gasteiger partial charge in [0.15, 0.2) is 11.6 Å². The lowest BCUT2D eigenvalue weighted by Crippen LogP contribution is -2.22. The molecule has 8 nitrogen and oxygen atoms in total. The van der Waals surface area contributed by atoms with Gasteiger partial charge in [0.1, 0.15) is 23.1 Å². The lowest BCUT2D eigenvalue weighted by atomic mass is 10.1. The highest BCUT2D eigenvalue weighted by atomic mass is 16.3. The highest BCUT2D eigenvalue weighted by molar-refractivity contribution is 5.76. The maximum atomic E-state index is 10.6. The zero-order chi connectivity index (χ0) is 21.2. The lowest BCUT2D eigenvalue weighted by molar-refractivity contribution is 0.0683. The van der Waals surface area contributed by atoms with E-state index in [1.165, 1.54) is 0 Å². The first-order valence-electron chi connectivity index (χ1n) is 10.2. The quantitative estimate of drug-likeness (QED) is 0.563. The van der Waals surface area contributed by atoms with Crippen molar-refractivity contribution >= 4 is 11.0 Å². The van der Waals surface area contributed by atoms with E-state index in [1.54, 1.807) is 18.5 Å². The van der Waals surface area contributed by atoms with Crippen LogP contribution >= 0.6 is 0 Å². The maximum Gasteiger partial charge on any atom is 0.162 e. The van der Waals surface area contributed by atoms with Crippen molar-refractivity contribution in [2.45, 2.75) is 51.6 Å². The average molecular weight is 403 g/mol. The van der Waals surface area contributed by atoms with Gasteiger partial charge in [-0.3, -0.25) is 0 Å². The second-order valence-corrected chi connectivity index (χ2v) is 8.62. The summed E-state index contributed by atoms with van der Waals surface area (Å²) in [5.74, 6) is 4.04. The summed E-state index contributed by atoms with van der Waals surface area (Å²) in [4.78, 5) is 18.6. The molecule has 30 heavy (non-hydrogen) atoms. The molecule has 1 N–H and O–H groups in total. The van der Waals surface area contributed by atoms with Crippen LogP contribution in [0.5, 0.6) is 0 Å². The Hall–Kier alpha value is -3.13. The lowest BCUT2D eigenvalue weighted by Gasteiger charge is -2.18. The largest absolute Gasteiger partial charge is 0.382 e. The number of hydrogen-bond donors (Lipinski definition) is 1. The number of hydrogen-bond acceptors (Lipinski definition) is 6. The third-order valence-corrected chi connectivity index (χ3v) is 5.70. The number of imidazole rings is 1. The number of aliphatic hydroxyl groups is 1. The van der Waals surface area contributed by atoms with Crippen molar-refractivity contribution in [3.05, 3.63) is 59.3 Å².